The quantitative estimate of drug-likeness (QED) is 0.734. The minimum atomic E-state index is -3.91. The standard InChI is InChI=1S/C15H17BrClN3O3S/c1-4-19(5-2)15(21)20-9-12(16)14(18-20)24(22,23)13-8-11(17)7-6-10(13)3/h6-9H,4-5H2,1-3H3. The fraction of sp³-hybridized carbons (Fsp3) is 0.333. The number of halogens is 2. The molecule has 6 nitrogen and oxygen atoms in total. The van der Waals surface area contributed by atoms with Gasteiger partial charge in [0, 0.05) is 18.1 Å². The van der Waals surface area contributed by atoms with Gasteiger partial charge < -0.3 is 4.90 Å². The zero-order valence-corrected chi connectivity index (χ0v) is 16.6. The molecule has 0 bridgehead atoms. The fourth-order valence-corrected chi connectivity index (χ4v) is 4.86. The molecule has 0 unspecified atom stereocenters. The van der Waals surface area contributed by atoms with Crippen LogP contribution in [0.1, 0.15) is 19.4 Å². The van der Waals surface area contributed by atoms with Crippen molar-refractivity contribution in [1.82, 2.24) is 14.7 Å². The van der Waals surface area contributed by atoms with Crippen molar-refractivity contribution in [3.63, 3.8) is 0 Å². The Labute approximate surface area is 154 Å². The number of hydrogen-bond donors (Lipinski definition) is 0. The van der Waals surface area contributed by atoms with E-state index in [1.165, 1.54) is 12.3 Å². The lowest BCUT2D eigenvalue weighted by Crippen LogP contribution is -2.34. The van der Waals surface area contributed by atoms with Gasteiger partial charge in [0.2, 0.25) is 9.84 Å². The highest BCUT2D eigenvalue weighted by molar-refractivity contribution is 9.10. The number of aromatic nitrogens is 2. The summed E-state index contributed by atoms with van der Waals surface area (Å²) in [5, 5.41) is 4.09. The van der Waals surface area contributed by atoms with Crippen LogP contribution in [0.5, 0.6) is 0 Å². The summed E-state index contributed by atoms with van der Waals surface area (Å²) in [6.07, 6.45) is 1.35. The minimum Gasteiger partial charge on any atom is -0.323 e. The van der Waals surface area contributed by atoms with Crippen LogP contribution < -0.4 is 0 Å². The summed E-state index contributed by atoms with van der Waals surface area (Å²) >= 11 is 9.11. The predicted octanol–water partition coefficient (Wildman–Crippen LogP) is 3.75. The van der Waals surface area contributed by atoms with Gasteiger partial charge in [-0.25, -0.2) is 13.2 Å². The van der Waals surface area contributed by atoms with Crippen molar-refractivity contribution in [1.29, 1.82) is 0 Å². The van der Waals surface area contributed by atoms with E-state index >= 15 is 0 Å². The Morgan fingerprint density at radius 1 is 1.33 bits per heavy atom. The summed E-state index contributed by atoms with van der Waals surface area (Å²) in [6.45, 7) is 6.36. The zero-order chi connectivity index (χ0) is 18.1. The number of benzene rings is 1. The first-order valence-electron chi connectivity index (χ1n) is 7.28. The molecular weight excluding hydrogens is 418 g/mol. The van der Waals surface area contributed by atoms with Crippen molar-refractivity contribution >= 4 is 43.4 Å². The molecule has 1 heterocycles. The average molecular weight is 435 g/mol. The summed E-state index contributed by atoms with van der Waals surface area (Å²) in [5.41, 5.74) is 0.552. The minimum absolute atomic E-state index is 0.0660. The van der Waals surface area contributed by atoms with Gasteiger partial charge in [0.1, 0.15) is 0 Å². The highest BCUT2D eigenvalue weighted by atomic mass is 79.9. The predicted molar refractivity (Wildman–Crippen MR) is 95.3 cm³/mol. The number of rotatable bonds is 4. The number of carbonyl (C=O) groups is 1. The number of nitrogens with zero attached hydrogens (tertiary/aromatic N) is 3. The Hall–Kier alpha value is -1.38. The average Bonchev–Trinajstić information content (AvgIpc) is 2.93. The topological polar surface area (TPSA) is 72.3 Å². The van der Waals surface area contributed by atoms with Crippen LogP contribution in [0.2, 0.25) is 5.02 Å². The maximum absolute atomic E-state index is 12.9. The Kier molecular flexibility index (Phi) is 5.72. The van der Waals surface area contributed by atoms with Crippen molar-refractivity contribution in [3.05, 3.63) is 39.5 Å². The van der Waals surface area contributed by atoms with Crippen molar-refractivity contribution in [2.75, 3.05) is 13.1 Å². The Morgan fingerprint density at radius 2 is 1.96 bits per heavy atom. The molecule has 0 aliphatic carbocycles. The monoisotopic (exact) mass is 433 g/mol. The highest BCUT2D eigenvalue weighted by Crippen LogP contribution is 2.30. The zero-order valence-electron chi connectivity index (χ0n) is 13.5. The van der Waals surface area contributed by atoms with E-state index in [-0.39, 0.29) is 20.4 Å². The van der Waals surface area contributed by atoms with Crippen LogP contribution in [0.3, 0.4) is 0 Å². The molecule has 0 aliphatic heterocycles. The molecule has 1 aromatic heterocycles. The number of amides is 1. The van der Waals surface area contributed by atoms with Crippen LogP contribution in [-0.2, 0) is 9.84 Å². The summed E-state index contributed by atoms with van der Waals surface area (Å²) in [6, 6.07) is 4.24. The third-order valence-electron chi connectivity index (χ3n) is 3.56. The number of hydrogen-bond acceptors (Lipinski definition) is 4. The molecule has 0 saturated heterocycles. The lowest BCUT2D eigenvalue weighted by Gasteiger charge is -2.17. The molecule has 130 valence electrons. The maximum atomic E-state index is 12.9. The van der Waals surface area contributed by atoms with Gasteiger partial charge >= 0.3 is 6.03 Å². The summed E-state index contributed by atoms with van der Waals surface area (Å²) in [4.78, 5) is 14.0. The molecule has 0 spiro atoms. The van der Waals surface area contributed by atoms with E-state index < -0.39 is 9.84 Å². The third kappa shape index (κ3) is 3.50. The van der Waals surface area contributed by atoms with Crippen molar-refractivity contribution in [2.24, 2.45) is 0 Å². The van der Waals surface area contributed by atoms with Gasteiger partial charge in [-0.2, -0.15) is 9.78 Å². The fourth-order valence-electron chi connectivity index (χ4n) is 2.22. The van der Waals surface area contributed by atoms with Crippen LogP contribution in [0, 0.1) is 6.92 Å². The molecule has 0 aliphatic rings. The van der Waals surface area contributed by atoms with E-state index in [1.807, 2.05) is 13.8 Å². The van der Waals surface area contributed by atoms with Gasteiger partial charge in [0.15, 0.2) is 5.03 Å². The van der Waals surface area contributed by atoms with E-state index in [9.17, 15) is 13.2 Å². The Morgan fingerprint density at radius 3 is 2.54 bits per heavy atom. The molecule has 2 aromatic rings. The first-order chi connectivity index (χ1) is 11.2. The van der Waals surface area contributed by atoms with Gasteiger partial charge in [0.25, 0.3) is 0 Å². The summed E-state index contributed by atoms with van der Waals surface area (Å²) < 4.78 is 27.0. The molecule has 0 atom stereocenters. The molecule has 0 fully saturated rings. The van der Waals surface area contributed by atoms with Crippen molar-refractivity contribution in [3.8, 4) is 0 Å². The van der Waals surface area contributed by atoms with Crippen LogP contribution in [0.4, 0.5) is 4.79 Å². The second-order valence-electron chi connectivity index (χ2n) is 5.09. The van der Waals surface area contributed by atoms with Gasteiger partial charge in [-0.15, -0.1) is 0 Å². The van der Waals surface area contributed by atoms with Gasteiger partial charge in [-0.1, -0.05) is 17.7 Å². The number of carbonyl (C=O) groups excluding carboxylic acids is 1. The van der Waals surface area contributed by atoms with E-state index in [2.05, 4.69) is 21.0 Å². The first-order valence-corrected chi connectivity index (χ1v) is 9.93. The SMILES string of the molecule is CCN(CC)C(=O)n1cc(Br)c(S(=O)(=O)c2cc(Cl)ccc2C)n1. The smallest absolute Gasteiger partial charge is 0.323 e. The highest BCUT2D eigenvalue weighted by Gasteiger charge is 2.28. The number of aryl methyl sites for hydroxylation is 1. The Balaban J connectivity index is 2.53. The first kappa shape index (κ1) is 19.0. The summed E-state index contributed by atoms with van der Waals surface area (Å²) in [7, 11) is -3.91. The normalized spacial score (nSPS) is 11.5. The van der Waals surface area contributed by atoms with Crippen LogP contribution in [0.25, 0.3) is 0 Å². The largest absolute Gasteiger partial charge is 0.344 e. The van der Waals surface area contributed by atoms with E-state index in [1.54, 1.807) is 24.0 Å². The number of sulfone groups is 1. The van der Waals surface area contributed by atoms with Crippen molar-refractivity contribution < 1.29 is 13.2 Å². The molecule has 0 N–H and O–H groups in total. The second kappa shape index (κ2) is 7.25. The molecule has 1 amide bonds. The van der Waals surface area contributed by atoms with E-state index in [0.717, 1.165) is 4.68 Å². The van der Waals surface area contributed by atoms with Crippen molar-refractivity contribution in [2.45, 2.75) is 30.7 Å². The van der Waals surface area contributed by atoms with Gasteiger partial charge in [-0.3, -0.25) is 0 Å². The molecule has 2 rings (SSSR count). The Bertz CT molecular complexity index is 876. The lowest BCUT2D eigenvalue weighted by atomic mass is 10.2. The third-order valence-corrected chi connectivity index (χ3v) is 6.47. The molecule has 24 heavy (non-hydrogen) atoms. The molecule has 0 radical (unpaired) electrons. The van der Waals surface area contributed by atoms with Gasteiger partial charge in [0.05, 0.1) is 15.6 Å². The second-order valence-corrected chi connectivity index (χ2v) is 8.22. The molecular formula is C15H17BrClN3O3S. The molecule has 0 saturated carbocycles. The molecule has 9 heteroatoms. The maximum Gasteiger partial charge on any atom is 0.344 e. The van der Waals surface area contributed by atoms with E-state index in [0.29, 0.717) is 23.7 Å². The molecule has 1 aromatic carbocycles. The van der Waals surface area contributed by atoms with Gasteiger partial charge in [-0.05, 0) is 54.4 Å². The van der Waals surface area contributed by atoms with Crippen LogP contribution >= 0.6 is 27.5 Å². The van der Waals surface area contributed by atoms with E-state index in [4.69, 9.17) is 11.6 Å². The lowest BCUT2D eigenvalue weighted by molar-refractivity contribution is 0.201. The van der Waals surface area contributed by atoms with Crippen LogP contribution in [-0.4, -0.2) is 42.2 Å². The van der Waals surface area contributed by atoms with Crippen LogP contribution in [0.15, 0.2) is 38.8 Å². The summed E-state index contributed by atoms with van der Waals surface area (Å²) in [5.74, 6) is 0.